The van der Waals surface area contributed by atoms with Crippen LogP contribution in [0.25, 0.3) is 0 Å². The van der Waals surface area contributed by atoms with E-state index in [-0.39, 0.29) is 11.7 Å². The average molecular weight is 249 g/mol. The number of benzene rings is 1. The first-order valence-electron chi connectivity index (χ1n) is 5.94. The van der Waals surface area contributed by atoms with Gasteiger partial charge in [0, 0.05) is 6.42 Å². The lowest BCUT2D eigenvalue weighted by Gasteiger charge is -2.11. The van der Waals surface area contributed by atoms with Gasteiger partial charge in [-0.15, -0.1) is 0 Å². The summed E-state index contributed by atoms with van der Waals surface area (Å²) in [6.45, 7) is 1.67. The molecule has 1 atom stereocenters. The molecule has 0 fully saturated rings. The zero-order valence-corrected chi connectivity index (χ0v) is 10.5. The Morgan fingerprint density at radius 2 is 2.11 bits per heavy atom. The number of hydrogen-bond donors (Lipinski definition) is 3. The minimum atomic E-state index is -0.445. The van der Waals surface area contributed by atoms with Gasteiger partial charge in [0.2, 0.25) is 5.91 Å². The summed E-state index contributed by atoms with van der Waals surface area (Å²) in [6.07, 6.45) is 2.07. The minimum absolute atomic E-state index is 0.00593. The third-order valence-electron chi connectivity index (χ3n) is 2.65. The van der Waals surface area contributed by atoms with Crippen LogP contribution in [-0.2, 0) is 11.2 Å². The molecule has 1 aromatic rings. The molecule has 0 heterocycles. The van der Waals surface area contributed by atoms with Crippen LogP contribution >= 0.6 is 0 Å². The molecule has 0 aromatic heterocycles. The zero-order valence-electron chi connectivity index (χ0n) is 10.5. The van der Waals surface area contributed by atoms with Gasteiger partial charge in [0.25, 0.3) is 0 Å². The van der Waals surface area contributed by atoms with Crippen molar-refractivity contribution in [2.24, 2.45) is 10.9 Å². The van der Waals surface area contributed by atoms with Crippen molar-refractivity contribution in [2.75, 3.05) is 0 Å². The summed E-state index contributed by atoms with van der Waals surface area (Å²) in [5.41, 5.74) is 6.59. The maximum atomic E-state index is 11.6. The number of carbonyl (C=O) groups is 1. The normalized spacial score (nSPS) is 13.1. The van der Waals surface area contributed by atoms with Crippen LogP contribution in [0.2, 0.25) is 0 Å². The van der Waals surface area contributed by atoms with Crippen LogP contribution in [-0.4, -0.2) is 23.0 Å². The van der Waals surface area contributed by atoms with Crippen molar-refractivity contribution in [3.63, 3.8) is 0 Å². The Labute approximate surface area is 107 Å². The summed E-state index contributed by atoms with van der Waals surface area (Å²) in [4.78, 5) is 11.6. The van der Waals surface area contributed by atoms with Crippen LogP contribution in [0, 0.1) is 0 Å². The van der Waals surface area contributed by atoms with Crippen LogP contribution in [0.3, 0.4) is 0 Å². The molecule has 0 spiro atoms. The van der Waals surface area contributed by atoms with Gasteiger partial charge >= 0.3 is 0 Å². The average Bonchev–Trinajstić information content (AvgIpc) is 2.38. The van der Waals surface area contributed by atoms with Gasteiger partial charge in [-0.3, -0.25) is 4.79 Å². The first kappa shape index (κ1) is 14.0. The van der Waals surface area contributed by atoms with Crippen molar-refractivity contribution in [3.05, 3.63) is 35.9 Å². The predicted molar refractivity (Wildman–Crippen MR) is 70.4 cm³/mol. The van der Waals surface area contributed by atoms with E-state index >= 15 is 0 Å². The second-order valence-electron chi connectivity index (χ2n) is 4.15. The highest BCUT2D eigenvalue weighted by molar-refractivity contribution is 5.89. The van der Waals surface area contributed by atoms with Gasteiger partial charge in [0.05, 0.1) is 6.04 Å². The maximum Gasteiger partial charge on any atom is 0.220 e. The smallest absolute Gasteiger partial charge is 0.220 e. The van der Waals surface area contributed by atoms with E-state index in [1.165, 1.54) is 5.56 Å². The Morgan fingerprint density at radius 3 is 2.72 bits per heavy atom. The standard InChI is InChI=1S/C13H19N3O2/c1-10(13(14)16-18)15-12(17)9-5-8-11-6-3-2-4-7-11/h2-4,6-7,10,18H,5,8-9H2,1H3,(H2,14,16)(H,15,17). The molecule has 0 aliphatic carbocycles. The highest BCUT2D eigenvalue weighted by atomic mass is 16.4. The topological polar surface area (TPSA) is 87.7 Å². The molecule has 0 radical (unpaired) electrons. The largest absolute Gasteiger partial charge is 0.409 e. The molecule has 1 aromatic carbocycles. The van der Waals surface area contributed by atoms with Gasteiger partial charge in [-0.25, -0.2) is 0 Å². The number of carbonyl (C=O) groups excluding carboxylic acids is 1. The Morgan fingerprint density at radius 1 is 1.44 bits per heavy atom. The van der Waals surface area contributed by atoms with E-state index in [4.69, 9.17) is 10.9 Å². The lowest BCUT2D eigenvalue weighted by Crippen LogP contribution is -2.42. The number of oxime groups is 1. The molecule has 18 heavy (non-hydrogen) atoms. The number of nitrogens with one attached hydrogen (secondary N) is 1. The molecule has 4 N–H and O–H groups in total. The lowest BCUT2D eigenvalue weighted by atomic mass is 10.1. The number of nitrogens with zero attached hydrogens (tertiary/aromatic N) is 1. The van der Waals surface area contributed by atoms with Crippen LogP contribution < -0.4 is 11.1 Å². The predicted octanol–water partition coefficient (Wildman–Crippen LogP) is 1.26. The third-order valence-corrected chi connectivity index (χ3v) is 2.65. The lowest BCUT2D eigenvalue weighted by molar-refractivity contribution is -0.121. The molecule has 0 saturated heterocycles. The molecule has 5 heteroatoms. The quantitative estimate of drug-likeness (QED) is 0.307. The van der Waals surface area contributed by atoms with Gasteiger partial charge in [0.1, 0.15) is 0 Å². The monoisotopic (exact) mass is 249 g/mol. The summed E-state index contributed by atoms with van der Waals surface area (Å²) in [6, 6.07) is 9.56. The van der Waals surface area contributed by atoms with Crippen molar-refractivity contribution >= 4 is 11.7 Å². The van der Waals surface area contributed by atoms with Crippen molar-refractivity contribution in [2.45, 2.75) is 32.2 Å². The van der Waals surface area contributed by atoms with E-state index in [2.05, 4.69) is 10.5 Å². The number of rotatable bonds is 6. The van der Waals surface area contributed by atoms with Crippen LogP contribution in [0.5, 0.6) is 0 Å². The number of aryl methyl sites for hydroxylation is 1. The Hall–Kier alpha value is -2.04. The molecule has 1 unspecified atom stereocenters. The molecule has 0 aliphatic rings. The minimum Gasteiger partial charge on any atom is -0.409 e. The summed E-state index contributed by atoms with van der Waals surface area (Å²) in [5, 5.41) is 14.0. The molecular formula is C13H19N3O2. The summed E-state index contributed by atoms with van der Waals surface area (Å²) in [7, 11) is 0. The SMILES string of the molecule is CC(NC(=O)CCCc1ccccc1)/C(N)=N/O. The van der Waals surface area contributed by atoms with Crippen molar-refractivity contribution in [1.29, 1.82) is 0 Å². The van der Waals surface area contributed by atoms with E-state index in [9.17, 15) is 4.79 Å². The fourth-order valence-electron chi connectivity index (χ4n) is 1.57. The number of amidine groups is 1. The number of amides is 1. The van der Waals surface area contributed by atoms with E-state index in [0.717, 1.165) is 12.8 Å². The van der Waals surface area contributed by atoms with Crippen LogP contribution in [0.1, 0.15) is 25.3 Å². The van der Waals surface area contributed by atoms with E-state index in [1.807, 2.05) is 30.3 Å². The first-order chi connectivity index (χ1) is 8.63. The molecule has 1 amide bonds. The highest BCUT2D eigenvalue weighted by Gasteiger charge is 2.10. The first-order valence-corrected chi connectivity index (χ1v) is 5.94. The van der Waals surface area contributed by atoms with E-state index < -0.39 is 6.04 Å². The van der Waals surface area contributed by atoms with Crippen molar-refractivity contribution < 1.29 is 10.0 Å². The second kappa shape index (κ2) is 7.32. The second-order valence-corrected chi connectivity index (χ2v) is 4.15. The van der Waals surface area contributed by atoms with E-state index in [1.54, 1.807) is 6.92 Å². The van der Waals surface area contributed by atoms with Crippen LogP contribution in [0.15, 0.2) is 35.5 Å². The van der Waals surface area contributed by atoms with Gasteiger partial charge < -0.3 is 16.3 Å². The summed E-state index contributed by atoms with van der Waals surface area (Å²) in [5.74, 6) is -0.0866. The number of nitrogens with two attached hydrogens (primary N) is 1. The maximum absolute atomic E-state index is 11.6. The molecule has 0 bridgehead atoms. The summed E-state index contributed by atoms with van der Waals surface area (Å²) >= 11 is 0. The molecule has 98 valence electrons. The van der Waals surface area contributed by atoms with Crippen molar-refractivity contribution in [3.8, 4) is 0 Å². The highest BCUT2D eigenvalue weighted by Crippen LogP contribution is 2.04. The molecule has 0 saturated carbocycles. The summed E-state index contributed by atoms with van der Waals surface area (Å²) < 4.78 is 0. The fraction of sp³-hybridized carbons (Fsp3) is 0.385. The molecule has 5 nitrogen and oxygen atoms in total. The third kappa shape index (κ3) is 4.86. The fourth-order valence-corrected chi connectivity index (χ4v) is 1.57. The van der Waals surface area contributed by atoms with Gasteiger partial charge in [-0.05, 0) is 25.3 Å². The Kier molecular flexibility index (Phi) is 5.70. The molecule has 1 rings (SSSR count). The zero-order chi connectivity index (χ0) is 13.4. The molecular weight excluding hydrogens is 230 g/mol. The Bertz CT molecular complexity index is 404. The van der Waals surface area contributed by atoms with Crippen LogP contribution in [0.4, 0.5) is 0 Å². The van der Waals surface area contributed by atoms with Gasteiger partial charge in [-0.1, -0.05) is 35.5 Å². The van der Waals surface area contributed by atoms with Crippen molar-refractivity contribution in [1.82, 2.24) is 5.32 Å². The Balaban J connectivity index is 2.26. The van der Waals surface area contributed by atoms with Gasteiger partial charge in [0.15, 0.2) is 5.84 Å². The number of hydrogen-bond acceptors (Lipinski definition) is 3. The van der Waals surface area contributed by atoms with Gasteiger partial charge in [-0.2, -0.15) is 0 Å². The molecule has 0 aliphatic heterocycles. The van der Waals surface area contributed by atoms with E-state index in [0.29, 0.717) is 6.42 Å².